The molecular weight excluding hydrogens is 272 g/mol. The molecule has 0 aliphatic carbocycles. The number of pyridine rings is 1. The minimum atomic E-state index is -1.08. The third kappa shape index (κ3) is 4.61. The number of carboxylic acids is 1. The summed E-state index contributed by atoms with van der Waals surface area (Å²) in [6, 6.07) is 10.2. The fraction of sp³-hybridized carbons (Fsp3) is 0.133. The molecule has 21 heavy (non-hydrogen) atoms. The number of hydrogen-bond acceptors (Lipinski definition) is 4. The van der Waals surface area contributed by atoms with Gasteiger partial charge in [0.15, 0.2) is 6.61 Å². The maximum Gasteiger partial charge on any atom is 0.341 e. The topological polar surface area (TPSA) is 88.5 Å². The third-order valence-corrected chi connectivity index (χ3v) is 2.63. The standard InChI is InChI=1S/C15H14N2O4/c18-14(9-11-5-7-16-8-6-11)17-12-3-1-2-4-13(12)21-10-15(19)20/h1-8H,9-10H2,(H,17,18)(H,19,20). The first-order valence-electron chi connectivity index (χ1n) is 6.27. The van der Waals surface area contributed by atoms with Gasteiger partial charge in [0.25, 0.3) is 0 Å². The van der Waals surface area contributed by atoms with Crippen molar-refractivity contribution in [3.63, 3.8) is 0 Å². The van der Waals surface area contributed by atoms with Crippen LogP contribution in [0.2, 0.25) is 0 Å². The summed E-state index contributed by atoms with van der Waals surface area (Å²) in [7, 11) is 0. The van der Waals surface area contributed by atoms with Crippen LogP contribution in [-0.4, -0.2) is 28.6 Å². The predicted octanol–water partition coefficient (Wildman–Crippen LogP) is 1.73. The Morgan fingerprint density at radius 2 is 1.86 bits per heavy atom. The number of rotatable bonds is 6. The first-order valence-corrected chi connectivity index (χ1v) is 6.27. The zero-order valence-electron chi connectivity index (χ0n) is 11.2. The Labute approximate surface area is 121 Å². The number of para-hydroxylation sites is 2. The first-order chi connectivity index (χ1) is 10.1. The number of nitrogens with zero attached hydrogens (tertiary/aromatic N) is 1. The first kappa shape index (κ1) is 14.5. The molecule has 1 amide bonds. The maximum absolute atomic E-state index is 12.0. The number of aromatic nitrogens is 1. The smallest absolute Gasteiger partial charge is 0.341 e. The van der Waals surface area contributed by atoms with E-state index in [1.165, 1.54) is 0 Å². The van der Waals surface area contributed by atoms with Gasteiger partial charge < -0.3 is 15.2 Å². The highest BCUT2D eigenvalue weighted by Gasteiger charge is 2.09. The molecule has 108 valence electrons. The summed E-state index contributed by atoms with van der Waals surface area (Å²) < 4.78 is 5.13. The zero-order valence-corrected chi connectivity index (χ0v) is 11.2. The van der Waals surface area contributed by atoms with Gasteiger partial charge in [-0.1, -0.05) is 12.1 Å². The largest absolute Gasteiger partial charge is 0.480 e. The van der Waals surface area contributed by atoms with E-state index < -0.39 is 12.6 Å². The van der Waals surface area contributed by atoms with E-state index in [0.29, 0.717) is 11.4 Å². The molecule has 0 atom stereocenters. The van der Waals surface area contributed by atoms with Crippen molar-refractivity contribution in [2.45, 2.75) is 6.42 Å². The van der Waals surface area contributed by atoms with Gasteiger partial charge in [0.05, 0.1) is 12.1 Å². The molecule has 1 heterocycles. The number of amides is 1. The summed E-state index contributed by atoms with van der Waals surface area (Å²) in [5, 5.41) is 11.3. The van der Waals surface area contributed by atoms with Gasteiger partial charge in [0.1, 0.15) is 5.75 Å². The Morgan fingerprint density at radius 3 is 2.57 bits per heavy atom. The minimum absolute atomic E-state index is 0.204. The highest BCUT2D eigenvalue weighted by atomic mass is 16.5. The summed E-state index contributed by atoms with van der Waals surface area (Å²) in [5.74, 6) is -0.969. The summed E-state index contributed by atoms with van der Waals surface area (Å²) in [6.07, 6.45) is 3.44. The number of ether oxygens (including phenoxy) is 1. The van der Waals surface area contributed by atoms with E-state index in [2.05, 4.69) is 10.3 Å². The summed E-state index contributed by atoms with van der Waals surface area (Å²) in [6.45, 7) is -0.461. The van der Waals surface area contributed by atoms with Crippen molar-refractivity contribution in [1.82, 2.24) is 4.98 Å². The van der Waals surface area contributed by atoms with Crippen molar-refractivity contribution < 1.29 is 19.4 Å². The lowest BCUT2D eigenvalue weighted by molar-refractivity contribution is -0.139. The second-order valence-corrected chi connectivity index (χ2v) is 4.26. The van der Waals surface area contributed by atoms with Gasteiger partial charge in [-0.15, -0.1) is 0 Å². The number of carbonyl (C=O) groups is 2. The molecule has 2 aromatic rings. The molecule has 6 heteroatoms. The predicted molar refractivity (Wildman–Crippen MR) is 76.1 cm³/mol. The highest BCUT2D eigenvalue weighted by Crippen LogP contribution is 2.23. The minimum Gasteiger partial charge on any atom is -0.480 e. The fourth-order valence-electron chi connectivity index (χ4n) is 1.72. The Balaban J connectivity index is 2.01. The van der Waals surface area contributed by atoms with Gasteiger partial charge in [-0.05, 0) is 29.8 Å². The summed E-state index contributed by atoms with van der Waals surface area (Å²) >= 11 is 0. The van der Waals surface area contributed by atoms with Crippen LogP contribution in [-0.2, 0) is 16.0 Å². The molecular formula is C15H14N2O4. The van der Waals surface area contributed by atoms with Crippen molar-refractivity contribution in [2.24, 2.45) is 0 Å². The molecule has 2 N–H and O–H groups in total. The second kappa shape index (κ2) is 7.04. The number of hydrogen-bond donors (Lipinski definition) is 2. The molecule has 0 saturated carbocycles. The number of carboxylic acid groups (broad SMARTS) is 1. The fourth-order valence-corrected chi connectivity index (χ4v) is 1.72. The van der Waals surface area contributed by atoms with Crippen LogP contribution >= 0.6 is 0 Å². The molecule has 0 aliphatic rings. The Kier molecular flexibility index (Phi) is 4.87. The van der Waals surface area contributed by atoms with Gasteiger partial charge in [0.2, 0.25) is 5.91 Å². The average molecular weight is 286 g/mol. The van der Waals surface area contributed by atoms with Crippen molar-refractivity contribution in [1.29, 1.82) is 0 Å². The van der Waals surface area contributed by atoms with Crippen LogP contribution in [0.15, 0.2) is 48.8 Å². The van der Waals surface area contributed by atoms with Gasteiger partial charge in [-0.3, -0.25) is 9.78 Å². The lowest BCUT2D eigenvalue weighted by Gasteiger charge is -2.11. The normalized spacial score (nSPS) is 9.90. The van der Waals surface area contributed by atoms with E-state index in [4.69, 9.17) is 9.84 Å². The summed E-state index contributed by atoms with van der Waals surface area (Å²) in [5.41, 5.74) is 1.28. The van der Waals surface area contributed by atoms with Crippen LogP contribution in [0.1, 0.15) is 5.56 Å². The number of nitrogens with one attached hydrogen (secondary N) is 1. The van der Waals surface area contributed by atoms with E-state index >= 15 is 0 Å². The third-order valence-electron chi connectivity index (χ3n) is 2.63. The van der Waals surface area contributed by atoms with Crippen LogP contribution in [0.4, 0.5) is 5.69 Å². The highest BCUT2D eigenvalue weighted by molar-refractivity contribution is 5.93. The van der Waals surface area contributed by atoms with Gasteiger partial charge in [0, 0.05) is 12.4 Å². The maximum atomic E-state index is 12.0. The quantitative estimate of drug-likeness (QED) is 0.844. The van der Waals surface area contributed by atoms with E-state index in [1.807, 2.05) is 0 Å². The molecule has 0 aliphatic heterocycles. The molecule has 2 rings (SSSR count). The van der Waals surface area contributed by atoms with Crippen LogP contribution in [0.3, 0.4) is 0 Å². The number of anilines is 1. The Bertz CT molecular complexity index is 629. The van der Waals surface area contributed by atoms with Gasteiger partial charge in [-0.2, -0.15) is 0 Å². The molecule has 1 aromatic carbocycles. The summed E-state index contributed by atoms with van der Waals surface area (Å²) in [4.78, 5) is 26.4. The molecule has 0 unspecified atom stereocenters. The van der Waals surface area contributed by atoms with Crippen molar-refractivity contribution in [2.75, 3.05) is 11.9 Å². The molecule has 0 bridgehead atoms. The number of benzene rings is 1. The van der Waals surface area contributed by atoms with E-state index in [1.54, 1.807) is 48.8 Å². The molecule has 0 fully saturated rings. The van der Waals surface area contributed by atoms with Crippen molar-refractivity contribution in [3.8, 4) is 5.75 Å². The van der Waals surface area contributed by atoms with Crippen molar-refractivity contribution >= 4 is 17.6 Å². The van der Waals surface area contributed by atoms with E-state index in [0.717, 1.165) is 5.56 Å². The average Bonchev–Trinajstić information content (AvgIpc) is 2.47. The second-order valence-electron chi connectivity index (χ2n) is 4.26. The lowest BCUT2D eigenvalue weighted by atomic mass is 10.2. The van der Waals surface area contributed by atoms with Crippen LogP contribution in [0.25, 0.3) is 0 Å². The zero-order chi connectivity index (χ0) is 15.1. The molecule has 0 saturated heterocycles. The van der Waals surface area contributed by atoms with Crippen LogP contribution < -0.4 is 10.1 Å². The number of carbonyl (C=O) groups excluding carboxylic acids is 1. The van der Waals surface area contributed by atoms with E-state index in [-0.39, 0.29) is 12.3 Å². The monoisotopic (exact) mass is 286 g/mol. The van der Waals surface area contributed by atoms with Gasteiger partial charge >= 0.3 is 5.97 Å². The van der Waals surface area contributed by atoms with Crippen LogP contribution in [0, 0.1) is 0 Å². The molecule has 0 spiro atoms. The SMILES string of the molecule is O=C(O)COc1ccccc1NC(=O)Cc1ccncc1. The van der Waals surface area contributed by atoms with Crippen LogP contribution in [0.5, 0.6) is 5.75 Å². The van der Waals surface area contributed by atoms with Gasteiger partial charge in [-0.25, -0.2) is 4.79 Å². The Hall–Kier alpha value is -2.89. The Morgan fingerprint density at radius 1 is 1.14 bits per heavy atom. The molecule has 6 nitrogen and oxygen atoms in total. The lowest BCUT2D eigenvalue weighted by Crippen LogP contribution is -2.16. The molecule has 0 radical (unpaired) electrons. The number of aliphatic carboxylic acids is 1. The van der Waals surface area contributed by atoms with E-state index in [9.17, 15) is 9.59 Å². The van der Waals surface area contributed by atoms with Crippen molar-refractivity contribution in [3.05, 3.63) is 54.4 Å². The molecule has 1 aromatic heterocycles.